The molecule has 0 unspecified atom stereocenters. The van der Waals surface area contributed by atoms with Gasteiger partial charge in [-0.15, -0.1) is 0 Å². The molecule has 8 nitrogen and oxygen atoms in total. The summed E-state index contributed by atoms with van der Waals surface area (Å²) in [5, 5.41) is 23.7. The van der Waals surface area contributed by atoms with E-state index < -0.39 is 34.5 Å². The molecule has 0 radical (unpaired) electrons. The normalized spacial score (nSPS) is 13.2. The highest BCUT2D eigenvalue weighted by atomic mass is 16.6. The molecule has 2 rings (SSSR count). The summed E-state index contributed by atoms with van der Waals surface area (Å²) in [4.78, 5) is 34.9. The first-order valence-corrected chi connectivity index (χ1v) is 9.46. The number of nitrogens with zero attached hydrogens (tertiary/aromatic N) is 1. The summed E-state index contributed by atoms with van der Waals surface area (Å²) >= 11 is 0. The molecule has 0 aliphatic heterocycles. The van der Waals surface area contributed by atoms with Gasteiger partial charge in [-0.1, -0.05) is 29.8 Å². The Labute approximate surface area is 175 Å². The maximum absolute atomic E-state index is 12.3. The van der Waals surface area contributed by atoms with Crippen LogP contribution in [0.3, 0.4) is 0 Å². The third-order valence-corrected chi connectivity index (χ3v) is 4.49. The van der Waals surface area contributed by atoms with E-state index in [0.29, 0.717) is 5.56 Å². The molecular formula is C22H26N2O6. The fourth-order valence-electron chi connectivity index (χ4n) is 3.20. The van der Waals surface area contributed by atoms with Crippen molar-refractivity contribution in [2.45, 2.75) is 52.2 Å². The van der Waals surface area contributed by atoms with E-state index in [-0.39, 0.29) is 16.8 Å². The quantitative estimate of drug-likeness (QED) is 0.525. The number of carbonyl (C=O) groups is 2. The number of aryl methyl sites for hydroxylation is 1. The molecule has 0 spiro atoms. The number of benzene rings is 2. The van der Waals surface area contributed by atoms with E-state index in [1.54, 1.807) is 27.7 Å². The number of nitrogens with one attached hydrogen (secondary N) is 1. The second kappa shape index (κ2) is 8.94. The molecule has 0 aliphatic carbocycles. The third kappa shape index (κ3) is 5.79. The van der Waals surface area contributed by atoms with E-state index >= 15 is 0 Å². The summed E-state index contributed by atoms with van der Waals surface area (Å²) in [6.07, 6.45) is -0.658. The molecule has 2 aromatic carbocycles. The van der Waals surface area contributed by atoms with Crippen LogP contribution in [-0.2, 0) is 4.74 Å². The van der Waals surface area contributed by atoms with Crippen LogP contribution in [0.1, 0.15) is 60.7 Å². The number of nitro benzene ring substituents is 1. The monoisotopic (exact) mass is 414 g/mol. The number of nitro groups is 1. The van der Waals surface area contributed by atoms with Gasteiger partial charge in [0.2, 0.25) is 0 Å². The zero-order valence-electron chi connectivity index (χ0n) is 17.6. The minimum Gasteiger partial charge on any atom is -0.478 e. The van der Waals surface area contributed by atoms with Crippen LogP contribution in [0.5, 0.6) is 0 Å². The van der Waals surface area contributed by atoms with Crippen molar-refractivity contribution in [3.63, 3.8) is 0 Å². The summed E-state index contributed by atoms with van der Waals surface area (Å²) in [5.41, 5.74) is 0.959. The van der Waals surface area contributed by atoms with E-state index in [0.717, 1.165) is 11.6 Å². The van der Waals surface area contributed by atoms with Crippen LogP contribution < -0.4 is 5.32 Å². The number of carboxylic acids is 1. The zero-order chi connectivity index (χ0) is 22.6. The molecule has 0 fully saturated rings. The van der Waals surface area contributed by atoms with Crippen molar-refractivity contribution in [1.29, 1.82) is 0 Å². The smallest absolute Gasteiger partial charge is 0.407 e. The number of ether oxygens (including phenoxy) is 1. The largest absolute Gasteiger partial charge is 0.478 e. The van der Waals surface area contributed by atoms with Crippen molar-refractivity contribution in [1.82, 2.24) is 5.32 Å². The second-order valence-electron chi connectivity index (χ2n) is 8.16. The maximum Gasteiger partial charge on any atom is 0.407 e. The first kappa shape index (κ1) is 22.9. The first-order chi connectivity index (χ1) is 13.9. The number of amides is 1. The van der Waals surface area contributed by atoms with Gasteiger partial charge in [0.1, 0.15) is 5.60 Å². The molecule has 0 aliphatic rings. The minimum absolute atomic E-state index is 0.0657. The van der Waals surface area contributed by atoms with E-state index in [1.807, 2.05) is 31.2 Å². The standard InChI is InChI=1S/C22H26N2O6/c1-13-6-8-15(9-7-13)19(14(2)23-21(27)30-22(3,4)5)18-12-16(24(28)29)10-11-17(18)20(25)26/h6-12,14,19H,1-5H3,(H,23,27)(H,25,26)/t14-,19-/m0/s1. The number of carboxylic acid groups (broad SMARTS) is 1. The third-order valence-electron chi connectivity index (χ3n) is 4.49. The van der Waals surface area contributed by atoms with Crippen molar-refractivity contribution >= 4 is 17.7 Å². The van der Waals surface area contributed by atoms with Crippen LogP contribution in [0, 0.1) is 17.0 Å². The van der Waals surface area contributed by atoms with Crippen LogP contribution in [0.25, 0.3) is 0 Å². The van der Waals surface area contributed by atoms with E-state index in [4.69, 9.17) is 4.74 Å². The molecule has 0 heterocycles. The van der Waals surface area contributed by atoms with Gasteiger partial charge in [-0.3, -0.25) is 10.1 Å². The fraction of sp³-hybridized carbons (Fsp3) is 0.364. The minimum atomic E-state index is -1.21. The fourth-order valence-corrected chi connectivity index (χ4v) is 3.20. The van der Waals surface area contributed by atoms with Gasteiger partial charge in [-0.2, -0.15) is 0 Å². The van der Waals surface area contributed by atoms with Gasteiger partial charge in [-0.05, 0) is 51.8 Å². The first-order valence-electron chi connectivity index (χ1n) is 9.46. The molecule has 0 aromatic heterocycles. The van der Waals surface area contributed by atoms with Crippen molar-refractivity contribution in [3.8, 4) is 0 Å². The lowest BCUT2D eigenvalue weighted by molar-refractivity contribution is -0.384. The van der Waals surface area contributed by atoms with Gasteiger partial charge in [-0.25, -0.2) is 9.59 Å². The molecule has 30 heavy (non-hydrogen) atoms. The predicted octanol–water partition coefficient (Wildman–Crippen LogP) is 4.65. The molecule has 1 amide bonds. The number of alkyl carbamates (subject to hydrolysis) is 1. The Kier molecular flexibility index (Phi) is 6.81. The lowest BCUT2D eigenvalue weighted by atomic mass is 9.82. The van der Waals surface area contributed by atoms with Crippen LogP contribution in [-0.4, -0.2) is 33.7 Å². The highest BCUT2D eigenvalue weighted by Gasteiger charge is 2.30. The van der Waals surface area contributed by atoms with E-state index in [2.05, 4.69) is 5.32 Å². The molecule has 8 heteroatoms. The molecule has 0 bridgehead atoms. The number of aromatic carboxylic acids is 1. The molecule has 2 atom stereocenters. The van der Waals surface area contributed by atoms with Crippen molar-refractivity contribution in [2.75, 3.05) is 0 Å². The highest BCUT2D eigenvalue weighted by Crippen LogP contribution is 2.33. The SMILES string of the molecule is Cc1ccc([C@@H](c2cc([N+](=O)[O-])ccc2C(=O)O)[C@H](C)NC(=O)OC(C)(C)C)cc1. The van der Waals surface area contributed by atoms with Gasteiger partial charge in [0, 0.05) is 24.1 Å². The average molecular weight is 414 g/mol. The number of hydrogen-bond donors (Lipinski definition) is 2. The Morgan fingerprint density at radius 1 is 1.13 bits per heavy atom. The average Bonchev–Trinajstić information content (AvgIpc) is 2.61. The van der Waals surface area contributed by atoms with Gasteiger partial charge in [0.05, 0.1) is 10.5 Å². The summed E-state index contributed by atoms with van der Waals surface area (Å²) in [5.74, 6) is -1.86. The molecule has 0 saturated carbocycles. The molecule has 2 aromatic rings. The Balaban J connectivity index is 2.58. The lowest BCUT2D eigenvalue weighted by Crippen LogP contribution is -2.41. The summed E-state index contributed by atoms with van der Waals surface area (Å²) < 4.78 is 5.31. The molecule has 0 saturated heterocycles. The van der Waals surface area contributed by atoms with Crippen LogP contribution >= 0.6 is 0 Å². The number of carbonyl (C=O) groups excluding carboxylic acids is 1. The zero-order valence-corrected chi connectivity index (χ0v) is 17.6. The van der Waals surface area contributed by atoms with E-state index in [9.17, 15) is 24.8 Å². The second-order valence-corrected chi connectivity index (χ2v) is 8.16. The number of non-ortho nitro benzene ring substituents is 1. The topological polar surface area (TPSA) is 119 Å². The predicted molar refractivity (Wildman–Crippen MR) is 112 cm³/mol. The van der Waals surface area contributed by atoms with Gasteiger partial charge >= 0.3 is 12.1 Å². The van der Waals surface area contributed by atoms with Gasteiger partial charge in [0.15, 0.2) is 0 Å². The van der Waals surface area contributed by atoms with Crippen molar-refractivity contribution < 1.29 is 24.4 Å². The van der Waals surface area contributed by atoms with Crippen LogP contribution in [0.2, 0.25) is 0 Å². The van der Waals surface area contributed by atoms with Crippen LogP contribution in [0.4, 0.5) is 10.5 Å². The number of rotatable bonds is 6. The molecular weight excluding hydrogens is 388 g/mol. The highest BCUT2D eigenvalue weighted by molar-refractivity contribution is 5.90. The summed E-state index contributed by atoms with van der Waals surface area (Å²) in [6.45, 7) is 8.82. The molecule has 160 valence electrons. The Morgan fingerprint density at radius 2 is 1.73 bits per heavy atom. The van der Waals surface area contributed by atoms with Crippen LogP contribution in [0.15, 0.2) is 42.5 Å². The van der Waals surface area contributed by atoms with Gasteiger partial charge < -0.3 is 15.2 Å². The van der Waals surface area contributed by atoms with E-state index in [1.165, 1.54) is 12.1 Å². The summed E-state index contributed by atoms with van der Waals surface area (Å²) in [6, 6.07) is 10.4. The Bertz CT molecular complexity index is 947. The maximum atomic E-state index is 12.3. The Hall–Kier alpha value is -3.42. The van der Waals surface area contributed by atoms with Crippen molar-refractivity contribution in [3.05, 3.63) is 74.8 Å². The van der Waals surface area contributed by atoms with Crippen molar-refractivity contribution in [2.24, 2.45) is 0 Å². The Morgan fingerprint density at radius 3 is 2.23 bits per heavy atom. The molecule has 2 N–H and O–H groups in total. The lowest BCUT2D eigenvalue weighted by Gasteiger charge is -2.28. The summed E-state index contributed by atoms with van der Waals surface area (Å²) in [7, 11) is 0. The number of hydrogen-bond acceptors (Lipinski definition) is 5. The van der Waals surface area contributed by atoms with Gasteiger partial charge in [0.25, 0.3) is 5.69 Å².